The Labute approximate surface area is 204 Å². The van der Waals surface area contributed by atoms with Gasteiger partial charge in [-0.3, -0.25) is 0 Å². The van der Waals surface area contributed by atoms with Crippen molar-refractivity contribution < 1.29 is 9.84 Å². The molecule has 0 unspecified atom stereocenters. The van der Waals surface area contributed by atoms with Gasteiger partial charge in [0.15, 0.2) is 0 Å². The van der Waals surface area contributed by atoms with Gasteiger partial charge in [0.1, 0.15) is 0 Å². The standard InChI is InChI=1S/C31H52O2/c1-21(10-9-15-26(2,3)33-8)22-13-16-29(7)24-12-11-23-27(4,5)25(32)14-17-30(23)20-31(24,30)19-18-28(22,29)6/h9,15,21-25,32H,10-14,16-20H2,1-8H3/t21-,22-,23+,24+,25+,28-,29+,30-,31+/m1/s1. The van der Waals surface area contributed by atoms with E-state index in [0.717, 1.165) is 30.1 Å². The molecule has 33 heavy (non-hydrogen) atoms. The average molecular weight is 457 g/mol. The van der Waals surface area contributed by atoms with E-state index < -0.39 is 0 Å². The van der Waals surface area contributed by atoms with Crippen LogP contribution in [0.4, 0.5) is 0 Å². The highest BCUT2D eigenvalue weighted by molar-refractivity contribution is 5.30. The Kier molecular flexibility index (Phi) is 5.42. The lowest BCUT2D eigenvalue weighted by molar-refractivity contribution is -0.161. The first kappa shape index (κ1) is 24.4. The highest BCUT2D eigenvalue weighted by Crippen LogP contribution is 2.89. The fourth-order valence-corrected chi connectivity index (χ4v) is 11.1. The lowest BCUT2D eigenvalue weighted by atomic mass is 9.42. The number of allylic oxidation sites excluding steroid dienone is 1. The van der Waals surface area contributed by atoms with Crippen molar-refractivity contribution in [3.05, 3.63) is 12.2 Å². The number of rotatable bonds is 5. The van der Waals surface area contributed by atoms with Crippen LogP contribution < -0.4 is 0 Å². The predicted octanol–water partition coefficient (Wildman–Crippen LogP) is 7.79. The third kappa shape index (κ3) is 3.04. The Hall–Kier alpha value is -0.340. The Bertz CT molecular complexity index is 812. The molecule has 0 aromatic carbocycles. The van der Waals surface area contributed by atoms with Crippen LogP contribution >= 0.6 is 0 Å². The minimum Gasteiger partial charge on any atom is -0.393 e. The Morgan fingerprint density at radius 2 is 1.58 bits per heavy atom. The zero-order valence-corrected chi connectivity index (χ0v) is 23.0. The van der Waals surface area contributed by atoms with Crippen molar-refractivity contribution in [2.24, 2.45) is 50.7 Å². The molecule has 2 heteroatoms. The van der Waals surface area contributed by atoms with Crippen molar-refractivity contribution in [2.75, 3.05) is 7.11 Å². The molecule has 1 N–H and O–H groups in total. The number of aliphatic hydroxyl groups is 1. The van der Waals surface area contributed by atoms with Crippen LogP contribution in [0.1, 0.15) is 113 Å². The van der Waals surface area contributed by atoms with Gasteiger partial charge in [-0.25, -0.2) is 0 Å². The largest absolute Gasteiger partial charge is 0.393 e. The molecule has 5 saturated carbocycles. The summed E-state index contributed by atoms with van der Waals surface area (Å²) in [6.07, 6.45) is 18.1. The zero-order chi connectivity index (χ0) is 24.1. The highest BCUT2D eigenvalue weighted by atomic mass is 16.5. The maximum Gasteiger partial charge on any atom is 0.0802 e. The first-order chi connectivity index (χ1) is 15.3. The number of hydrogen-bond donors (Lipinski definition) is 1. The molecular formula is C31H52O2. The van der Waals surface area contributed by atoms with Gasteiger partial charge in [-0.2, -0.15) is 0 Å². The minimum absolute atomic E-state index is 0.0976. The second-order valence-electron chi connectivity index (χ2n) is 15.0. The van der Waals surface area contributed by atoms with Gasteiger partial charge < -0.3 is 9.84 Å². The van der Waals surface area contributed by atoms with Crippen molar-refractivity contribution in [3.63, 3.8) is 0 Å². The molecule has 0 radical (unpaired) electrons. The fraction of sp³-hybridized carbons (Fsp3) is 0.935. The normalized spacial score (nSPS) is 51.4. The lowest BCUT2D eigenvalue weighted by Gasteiger charge is -2.63. The van der Waals surface area contributed by atoms with Crippen LogP contribution in [-0.2, 0) is 4.74 Å². The third-order valence-electron chi connectivity index (χ3n) is 13.4. The average Bonchev–Trinajstić information content (AvgIpc) is 3.33. The van der Waals surface area contributed by atoms with Gasteiger partial charge >= 0.3 is 0 Å². The highest BCUT2D eigenvalue weighted by Gasteiger charge is 2.82. The van der Waals surface area contributed by atoms with Crippen LogP contribution in [0, 0.1) is 50.7 Å². The summed E-state index contributed by atoms with van der Waals surface area (Å²) in [7, 11) is 1.81. The molecule has 0 bridgehead atoms. The van der Waals surface area contributed by atoms with Crippen molar-refractivity contribution in [1.29, 1.82) is 0 Å². The van der Waals surface area contributed by atoms with Gasteiger partial charge in [-0.15, -0.1) is 0 Å². The second-order valence-corrected chi connectivity index (χ2v) is 15.0. The maximum atomic E-state index is 10.9. The molecule has 5 aliphatic rings. The number of methoxy groups -OCH3 is 1. The zero-order valence-electron chi connectivity index (χ0n) is 23.0. The Morgan fingerprint density at radius 3 is 2.27 bits per heavy atom. The Balaban J connectivity index is 1.38. The molecule has 0 aliphatic heterocycles. The van der Waals surface area contributed by atoms with Gasteiger partial charge in [-0.1, -0.05) is 46.8 Å². The molecule has 2 nitrogen and oxygen atoms in total. The summed E-state index contributed by atoms with van der Waals surface area (Å²) in [6, 6.07) is 0. The first-order valence-corrected chi connectivity index (χ1v) is 14.2. The van der Waals surface area contributed by atoms with Crippen LogP contribution in [0.5, 0.6) is 0 Å². The van der Waals surface area contributed by atoms with E-state index >= 15 is 0 Å². The van der Waals surface area contributed by atoms with Gasteiger partial charge in [0, 0.05) is 7.11 Å². The Morgan fingerprint density at radius 1 is 0.909 bits per heavy atom. The van der Waals surface area contributed by atoms with E-state index in [4.69, 9.17) is 4.74 Å². The van der Waals surface area contributed by atoms with Crippen molar-refractivity contribution >= 4 is 0 Å². The summed E-state index contributed by atoms with van der Waals surface area (Å²) >= 11 is 0. The SMILES string of the molecule is COC(C)(C)C=CC[C@@H](C)[C@H]1CC[C@@]2(C)[C@@H]3CC[C@H]4C(C)(C)[C@@H](O)CC[C@@]45C[C@@]35CC[C@]12C. The second kappa shape index (κ2) is 7.34. The van der Waals surface area contributed by atoms with Crippen LogP contribution in [0.3, 0.4) is 0 Å². The molecule has 0 amide bonds. The van der Waals surface area contributed by atoms with E-state index in [1.165, 1.54) is 57.8 Å². The predicted molar refractivity (Wildman–Crippen MR) is 137 cm³/mol. The van der Waals surface area contributed by atoms with Gasteiger partial charge in [0.25, 0.3) is 0 Å². The smallest absolute Gasteiger partial charge is 0.0802 e. The van der Waals surface area contributed by atoms with Crippen LogP contribution in [0.25, 0.3) is 0 Å². The molecule has 0 aromatic heterocycles. The van der Waals surface area contributed by atoms with Crippen molar-refractivity contribution in [2.45, 2.75) is 124 Å². The van der Waals surface area contributed by atoms with E-state index in [1.54, 1.807) is 0 Å². The molecule has 0 saturated heterocycles. The molecule has 188 valence electrons. The van der Waals surface area contributed by atoms with Crippen molar-refractivity contribution in [1.82, 2.24) is 0 Å². The molecule has 5 rings (SSSR count). The maximum absolute atomic E-state index is 10.9. The molecule has 0 aromatic rings. The van der Waals surface area contributed by atoms with E-state index in [2.05, 4.69) is 60.6 Å². The summed E-state index contributed by atoms with van der Waals surface area (Å²) in [4.78, 5) is 0. The summed E-state index contributed by atoms with van der Waals surface area (Å²) in [6.45, 7) is 17.0. The van der Waals surface area contributed by atoms with Gasteiger partial charge in [0.05, 0.1) is 11.7 Å². The van der Waals surface area contributed by atoms with E-state index in [9.17, 15) is 5.11 Å². The molecule has 5 fully saturated rings. The van der Waals surface area contributed by atoms with E-state index in [-0.39, 0.29) is 17.1 Å². The van der Waals surface area contributed by atoms with Crippen LogP contribution in [0.2, 0.25) is 0 Å². The lowest BCUT2D eigenvalue weighted by Crippen LogP contribution is -2.57. The number of ether oxygens (including phenoxy) is 1. The summed E-state index contributed by atoms with van der Waals surface area (Å²) in [5, 5.41) is 10.9. The fourth-order valence-electron chi connectivity index (χ4n) is 11.1. The summed E-state index contributed by atoms with van der Waals surface area (Å²) in [5.74, 6) is 3.23. The number of hydrogen-bond acceptors (Lipinski definition) is 2. The van der Waals surface area contributed by atoms with Crippen LogP contribution in [0.15, 0.2) is 12.2 Å². The molecule has 5 aliphatic carbocycles. The van der Waals surface area contributed by atoms with Gasteiger partial charge in [0.2, 0.25) is 0 Å². The first-order valence-electron chi connectivity index (χ1n) is 14.2. The quantitative estimate of drug-likeness (QED) is 0.428. The molecular weight excluding hydrogens is 404 g/mol. The molecule has 2 spiro atoms. The van der Waals surface area contributed by atoms with E-state index in [0.29, 0.717) is 21.7 Å². The van der Waals surface area contributed by atoms with E-state index in [1.807, 2.05) is 7.11 Å². The molecule has 9 atom stereocenters. The summed E-state index contributed by atoms with van der Waals surface area (Å²) in [5.41, 5.74) is 2.07. The molecule has 0 heterocycles. The van der Waals surface area contributed by atoms with Crippen molar-refractivity contribution in [3.8, 4) is 0 Å². The minimum atomic E-state index is -0.161. The summed E-state index contributed by atoms with van der Waals surface area (Å²) < 4.78 is 5.60. The van der Waals surface area contributed by atoms with Gasteiger partial charge in [-0.05, 0) is 129 Å². The number of fused-ring (bicyclic) bond motifs is 2. The number of aliphatic hydroxyl groups excluding tert-OH is 1. The monoisotopic (exact) mass is 456 g/mol. The third-order valence-corrected chi connectivity index (χ3v) is 13.4. The van der Waals surface area contributed by atoms with Crippen LogP contribution in [-0.4, -0.2) is 23.9 Å². The topological polar surface area (TPSA) is 29.5 Å².